The van der Waals surface area contributed by atoms with Gasteiger partial charge in [0.15, 0.2) is 0 Å². The Bertz CT molecular complexity index is 1330. The van der Waals surface area contributed by atoms with E-state index in [9.17, 15) is 19.0 Å². The molecule has 3 aromatic rings. The lowest BCUT2D eigenvalue weighted by Gasteiger charge is -2.42. The largest absolute Gasteiger partial charge is 0.487 e. The van der Waals surface area contributed by atoms with Gasteiger partial charge in [-0.15, -0.1) is 15.9 Å². The molecule has 0 saturated heterocycles. The number of hydrogen-bond acceptors (Lipinski definition) is 8. The summed E-state index contributed by atoms with van der Waals surface area (Å²) in [5.41, 5.74) is 1.84. The first-order valence-electron chi connectivity index (χ1n) is 13.6. The van der Waals surface area contributed by atoms with Gasteiger partial charge in [-0.1, -0.05) is 49.4 Å². The Morgan fingerprint density at radius 1 is 1.23 bits per heavy atom. The van der Waals surface area contributed by atoms with Crippen LogP contribution in [0.1, 0.15) is 69.0 Å². The Morgan fingerprint density at radius 2 is 1.98 bits per heavy atom. The van der Waals surface area contributed by atoms with Gasteiger partial charge in [-0.2, -0.15) is 4.31 Å². The van der Waals surface area contributed by atoms with Gasteiger partial charge in [-0.25, -0.2) is 0 Å². The molecule has 0 amide bonds. The fourth-order valence-corrected chi connectivity index (χ4v) is 6.41. The number of rotatable bonds is 11. The molecule has 0 fully saturated rings. The molecule has 218 valence electrons. The van der Waals surface area contributed by atoms with Crippen LogP contribution >= 0.6 is 10.8 Å². The van der Waals surface area contributed by atoms with Crippen molar-refractivity contribution in [2.45, 2.75) is 84.3 Å². The van der Waals surface area contributed by atoms with Crippen LogP contribution in [0, 0.1) is 12.3 Å². The second kappa shape index (κ2) is 12.3. The average molecular weight is 573 g/mol. The number of para-hydroxylation sites is 1. The van der Waals surface area contributed by atoms with Gasteiger partial charge in [0.2, 0.25) is 0 Å². The van der Waals surface area contributed by atoms with E-state index >= 15 is 0 Å². The van der Waals surface area contributed by atoms with E-state index in [1.807, 2.05) is 44.3 Å². The number of hydrogen-bond donors (Lipinski definition) is 3. The van der Waals surface area contributed by atoms with Crippen LogP contribution in [-0.2, 0) is 29.2 Å². The Kier molecular flexibility index (Phi) is 9.21. The number of benzene rings is 2. The first-order valence-corrected chi connectivity index (χ1v) is 15.1. The van der Waals surface area contributed by atoms with Crippen molar-refractivity contribution in [2.75, 3.05) is 6.54 Å². The lowest BCUT2D eigenvalue weighted by Crippen LogP contribution is -2.35. The molecule has 2 atom stereocenters. The van der Waals surface area contributed by atoms with Gasteiger partial charge in [0, 0.05) is 13.1 Å². The average Bonchev–Trinajstić information content (AvgIpc) is 3.32. The Morgan fingerprint density at radius 3 is 2.67 bits per heavy atom. The van der Waals surface area contributed by atoms with Crippen LogP contribution in [0.4, 0.5) is 0 Å². The predicted octanol–water partition coefficient (Wildman–Crippen LogP) is 6.06. The molecular weight excluding hydrogens is 532 g/mol. The first-order chi connectivity index (χ1) is 19.0. The molecule has 2 heterocycles. The molecule has 1 aromatic heterocycles. The highest BCUT2D eigenvalue weighted by molar-refractivity contribution is 8.22. The molecule has 2 aromatic carbocycles. The van der Waals surface area contributed by atoms with Crippen molar-refractivity contribution in [3.63, 3.8) is 0 Å². The Hall–Kier alpha value is -2.96. The number of nitrogens with zero attached hydrogens (tertiary/aromatic N) is 4. The maximum absolute atomic E-state index is 12.3. The second-order valence-electron chi connectivity index (χ2n) is 10.8. The molecule has 3 N–H and O–H groups in total. The van der Waals surface area contributed by atoms with Gasteiger partial charge < -0.3 is 14.6 Å². The number of carbonyl (C=O) groups is 1. The van der Waals surface area contributed by atoms with Crippen LogP contribution in [0.15, 0.2) is 53.6 Å². The van der Waals surface area contributed by atoms with E-state index in [2.05, 4.69) is 17.2 Å². The van der Waals surface area contributed by atoms with Crippen LogP contribution in [0.3, 0.4) is 0 Å². The van der Waals surface area contributed by atoms with E-state index in [-0.39, 0.29) is 19.3 Å². The van der Waals surface area contributed by atoms with Gasteiger partial charge in [0.25, 0.3) is 0 Å². The topological polar surface area (TPSA) is 130 Å². The number of fused-ring (bicyclic) bond motifs is 1. The quantitative estimate of drug-likeness (QED) is 0.251. The molecule has 1 aliphatic heterocycles. The molecule has 40 heavy (non-hydrogen) atoms. The molecule has 11 heteroatoms. The summed E-state index contributed by atoms with van der Waals surface area (Å²) in [6.45, 7) is 10.7. The van der Waals surface area contributed by atoms with E-state index in [4.69, 9.17) is 9.47 Å². The molecule has 0 bridgehead atoms. The van der Waals surface area contributed by atoms with E-state index in [1.54, 1.807) is 41.0 Å². The molecule has 4 rings (SSSR count). The summed E-state index contributed by atoms with van der Waals surface area (Å²) in [7, 11) is -3.34. The summed E-state index contributed by atoms with van der Waals surface area (Å²) < 4.78 is 38.6. The first kappa shape index (κ1) is 30.0. The third-order valence-electron chi connectivity index (χ3n) is 7.33. The van der Waals surface area contributed by atoms with Gasteiger partial charge in [0.05, 0.1) is 30.9 Å². The van der Waals surface area contributed by atoms with Gasteiger partial charge >= 0.3 is 5.97 Å². The summed E-state index contributed by atoms with van der Waals surface area (Å²) in [6, 6.07) is 12.7. The molecule has 1 aliphatic rings. The van der Waals surface area contributed by atoms with Gasteiger partial charge in [-0.3, -0.25) is 18.6 Å². The van der Waals surface area contributed by atoms with E-state index < -0.39 is 28.3 Å². The fraction of sp³-hybridized carbons (Fsp3) is 0.483. The van der Waals surface area contributed by atoms with E-state index in [0.717, 1.165) is 24.1 Å². The van der Waals surface area contributed by atoms with Crippen LogP contribution < -0.4 is 4.74 Å². The molecule has 2 unspecified atom stereocenters. The zero-order valence-corrected chi connectivity index (χ0v) is 24.6. The number of aliphatic carboxylic acids is 1. The molecule has 10 nitrogen and oxygen atoms in total. The predicted molar refractivity (Wildman–Crippen MR) is 153 cm³/mol. The van der Waals surface area contributed by atoms with Gasteiger partial charge in [0.1, 0.15) is 22.4 Å². The number of carboxylic acid groups (broad SMARTS) is 1. The van der Waals surface area contributed by atoms with Crippen LogP contribution in [0.25, 0.3) is 0 Å². The third kappa shape index (κ3) is 6.34. The van der Waals surface area contributed by atoms with E-state index in [1.165, 1.54) is 0 Å². The van der Waals surface area contributed by atoms with Crippen molar-refractivity contribution in [3.8, 4) is 5.75 Å². The maximum atomic E-state index is 12.3. The van der Waals surface area contributed by atoms with Gasteiger partial charge in [-0.05, 0) is 62.4 Å². The minimum atomic E-state index is -3.34. The summed E-state index contributed by atoms with van der Waals surface area (Å²) in [5, 5.41) is 18.3. The van der Waals surface area contributed by atoms with Crippen LogP contribution in [-0.4, -0.2) is 52.1 Å². The summed E-state index contributed by atoms with van der Waals surface area (Å²) in [5.74, 6) is -0.509. The highest BCUT2D eigenvalue weighted by Crippen LogP contribution is 2.57. The lowest BCUT2D eigenvalue weighted by atomic mass is 9.81. The van der Waals surface area contributed by atoms with E-state index in [0.29, 0.717) is 34.9 Å². The lowest BCUT2D eigenvalue weighted by molar-refractivity contribution is -0.158. The maximum Gasteiger partial charge on any atom is 0.312 e. The summed E-state index contributed by atoms with van der Waals surface area (Å²) >= 11 is 0. The third-order valence-corrected chi connectivity index (χ3v) is 9.25. The Labute approximate surface area is 237 Å². The number of aryl methyl sites for hydroxylation is 2. The minimum absolute atomic E-state index is 0.104. The highest BCUT2D eigenvalue weighted by Gasteiger charge is 2.40. The molecule has 0 spiro atoms. The SMILES string of the molecule is CCCn1cc(COC(c2ccc(C)c(CN3CC(CC)Oc4ccccc4S3(O)O)c2)C(C)(C)C(=O)O)nn1. The Balaban J connectivity index is 1.65. The standard InChI is InChI=1S/C29H40N4O6S/c1-6-14-32-17-23(30-31-32)19-38-27(29(4,5)28(34)35)21-13-12-20(3)22(15-21)16-33-18-24(7-2)39-25-10-8-9-11-26(25)40(33,36)37/h8-13,15,17,24,27,36-37H,6-7,14,16,18-19H2,1-5H3,(H,34,35). The van der Waals surface area contributed by atoms with Crippen molar-refractivity contribution >= 4 is 16.7 Å². The van der Waals surface area contributed by atoms with Crippen molar-refractivity contribution in [3.05, 3.63) is 71.0 Å². The van der Waals surface area contributed by atoms with Crippen LogP contribution in [0.5, 0.6) is 5.75 Å². The molecule has 0 radical (unpaired) electrons. The van der Waals surface area contributed by atoms with Crippen molar-refractivity contribution in [2.24, 2.45) is 5.41 Å². The second-order valence-corrected chi connectivity index (χ2v) is 12.8. The monoisotopic (exact) mass is 572 g/mol. The van der Waals surface area contributed by atoms with Crippen molar-refractivity contribution < 1.29 is 28.5 Å². The molecule has 0 saturated carbocycles. The summed E-state index contributed by atoms with van der Waals surface area (Å²) in [6.07, 6.45) is 2.41. The zero-order valence-electron chi connectivity index (χ0n) is 23.8. The van der Waals surface area contributed by atoms with Crippen molar-refractivity contribution in [1.29, 1.82) is 0 Å². The fourth-order valence-electron chi connectivity index (χ4n) is 4.79. The zero-order chi connectivity index (χ0) is 29.1. The number of carboxylic acids is 1. The number of ether oxygens (including phenoxy) is 2. The highest BCUT2D eigenvalue weighted by atomic mass is 32.3. The molecule has 0 aliphatic carbocycles. The molecular formula is C29H40N4O6S. The smallest absolute Gasteiger partial charge is 0.312 e. The number of aromatic nitrogens is 3. The van der Waals surface area contributed by atoms with Crippen LogP contribution in [0.2, 0.25) is 0 Å². The summed E-state index contributed by atoms with van der Waals surface area (Å²) in [4.78, 5) is 12.7. The normalized spacial score (nSPS) is 18.8. The van der Waals surface area contributed by atoms with Crippen molar-refractivity contribution in [1.82, 2.24) is 19.3 Å². The minimum Gasteiger partial charge on any atom is -0.487 e.